The van der Waals surface area contributed by atoms with Crippen molar-refractivity contribution in [3.63, 3.8) is 0 Å². The molecule has 0 saturated heterocycles. The third-order valence-electron chi connectivity index (χ3n) is 5.70. The van der Waals surface area contributed by atoms with Crippen molar-refractivity contribution < 1.29 is 28.5 Å². The van der Waals surface area contributed by atoms with Crippen LogP contribution < -0.4 is 29.9 Å². The smallest absolute Gasteiger partial charge is 0.413 e. The van der Waals surface area contributed by atoms with Crippen molar-refractivity contribution in [1.29, 1.82) is 0 Å². The number of anilines is 1. The van der Waals surface area contributed by atoms with Crippen molar-refractivity contribution in [2.45, 2.75) is 25.8 Å². The van der Waals surface area contributed by atoms with Gasteiger partial charge in [0.2, 0.25) is 17.1 Å². The molecule has 176 valence electrons. The van der Waals surface area contributed by atoms with Gasteiger partial charge in [-0.25, -0.2) is 4.79 Å². The number of hydrogen-bond donors (Lipinski definition) is 1. The Morgan fingerprint density at radius 3 is 2.30 bits per heavy atom. The quantitative estimate of drug-likeness (QED) is 0.737. The first-order valence-corrected chi connectivity index (χ1v) is 10.4. The molecule has 2 amide bonds. The summed E-state index contributed by atoms with van der Waals surface area (Å²) in [7, 11) is 7.31. The highest BCUT2D eigenvalue weighted by Crippen LogP contribution is 2.50. The lowest BCUT2D eigenvalue weighted by molar-refractivity contribution is -0.119. The maximum atomic E-state index is 13.1. The summed E-state index contributed by atoms with van der Waals surface area (Å²) < 4.78 is 21.6. The Labute approximate surface area is 192 Å². The molecule has 1 aliphatic rings. The van der Waals surface area contributed by atoms with Crippen molar-refractivity contribution in [2.75, 3.05) is 40.4 Å². The summed E-state index contributed by atoms with van der Waals surface area (Å²) in [4.78, 5) is 38.3. The number of rotatable bonds is 5. The standard InChI is InChI=1S/C24H28N2O7/c1-13(27)25-17-9-7-14-11-20(30-3)22(31-4)23(32-5)21(14)15-8-10-18(19(28)12-16(15)17)26(2)24(29)33-6/h8,10-12,17H,7,9H2,1-6H3,(H,25,27)/t17-/m0/s1. The fraction of sp³-hybridized carbons (Fsp3) is 0.375. The van der Waals surface area contributed by atoms with E-state index in [0.29, 0.717) is 41.2 Å². The molecule has 3 rings (SSSR count). The largest absolute Gasteiger partial charge is 0.493 e. The first kappa shape index (κ1) is 23.9. The lowest BCUT2D eigenvalue weighted by atomic mass is 9.95. The van der Waals surface area contributed by atoms with Crippen LogP contribution in [0.15, 0.2) is 29.1 Å². The lowest BCUT2D eigenvalue weighted by Gasteiger charge is -2.19. The highest BCUT2D eigenvalue weighted by atomic mass is 16.5. The Kier molecular flexibility index (Phi) is 7.10. The molecular weight excluding hydrogens is 428 g/mol. The average Bonchev–Trinajstić information content (AvgIpc) is 3.05. The summed E-state index contributed by atoms with van der Waals surface area (Å²) >= 11 is 0. The second kappa shape index (κ2) is 9.81. The van der Waals surface area contributed by atoms with Crippen molar-refractivity contribution in [3.8, 4) is 28.4 Å². The Bertz CT molecular complexity index is 1150. The zero-order valence-electron chi connectivity index (χ0n) is 19.6. The number of nitrogens with one attached hydrogen (secondary N) is 1. The number of fused-ring (bicyclic) bond motifs is 3. The summed E-state index contributed by atoms with van der Waals surface area (Å²) in [5.41, 5.74) is 2.70. The zero-order chi connectivity index (χ0) is 24.3. The second-order valence-corrected chi connectivity index (χ2v) is 7.60. The number of benzene rings is 1. The van der Waals surface area contributed by atoms with Gasteiger partial charge in [-0.3, -0.25) is 14.5 Å². The van der Waals surface area contributed by atoms with Crippen LogP contribution in [0.4, 0.5) is 10.5 Å². The van der Waals surface area contributed by atoms with E-state index in [4.69, 9.17) is 18.9 Å². The van der Waals surface area contributed by atoms with Gasteiger partial charge < -0.3 is 24.3 Å². The minimum Gasteiger partial charge on any atom is -0.493 e. The van der Waals surface area contributed by atoms with E-state index in [1.54, 1.807) is 19.2 Å². The van der Waals surface area contributed by atoms with Crippen LogP contribution >= 0.6 is 0 Å². The predicted octanol–water partition coefficient (Wildman–Crippen LogP) is 3.07. The van der Waals surface area contributed by atoms with Gasteiger partial charge in [0.15, 0.2) is 11.5 Å². The van der Waals surface area contributed by atoms with Gasteiger partial charge in [0, 0.05) is 19.5 Å². The Morgan fingerprint density at radius 1 is 1.03 bits per heavy atom. The Hall–Kier alpha value is -3.75. The van der Waals surface area contributed by atoms with Crippen LogP contribution in [0.2, 0.25) is 0 Å². The number of amides is 2. The summed E-state index contributed by atoms with van der Waals surface area (Å²) in [5.74, 6) is 1.18. The van der Waals surface area contributed by atoms with Crippen molar-refractivity contribution in [1.82, 2.24) is 5.32 Å². The SMILES string of the molecule is COC(=O)N(C)c1ccc2c(cc1=O)[C@@H](NC(C)=O)CCc1cc(OC)c(OC)c(OC)c1-2. The number of hydrogen-bond acceptors (Lipinski definition) is 7. The van der Waals surface area contributed by atoms with Crippen molar-refractivity contribution in [2.24, 2.45) is 0 Å². The first-order chi connectivity index (χ1) is 15.8. The number of methoxy groups -OCH3 is 4. The Morgan fingerprint density at radius 2 is 1.73 bits per heavy atom. The molecule has 0 bridgehead atoms. The molecule has 0 fully saturated rings. The average molecular weight is 456 g/mol. The minimum atomic E-state index is -0.670. The van der Waals surface area contributed by atoms with Crippen LogP contribution in [-0.2, 0) is 16.0 Å². The molecule has 2 aromatic carbocycles. The fourth-order valence-electron chi connectivity index (χ4n) is 4.21. The van der Waals surface area contributed by atoms with Crippen molar-refractivity contribution >= 4 is 17.7 Å². The number of nitrogens with zero attached hydrogens (tertiary/aromatic N) is 1. The van der Waals surface area contributed by atoms with Gasteiger partial charge in [-0.05, 0) is 47.7 Å². The van der Waals surface area contributed by atoms with E-state index < -0.39 is 12.1 Å². The number of carbonyl (C=O) groups is 2. The molecule has 0 aromatic heterocycles. The van der Waals surface area contributed by atoms with Gasteiger partial charge in [0.25, 0.3) is 0 Å². The van der Waals surface area contributed by atoms with Crippen molar-refractivity contribution in [3.05, 3.63) is 45.6 Å². The molecule has 9 heteroatoms. The van der Waals surface area contributed by atoms with Gasteiger partial charge >= 0.3 is 6.09 Å². The number of carbonyl (C=O) groups excluding carboxylic acids is 2. The molecule has 0 unspecified atom stereocenters. The van der Waals surface area contributed by atoms with Gasteiger partial charge in [-0.15, -0.1) is 0 Å². The topological polar surface area (TPSA) is 103 Å². The van der Waals surface area contributed by atoms with E-state index in [2.05, 4.69) is 5.32 Å². The van der Waals surface area contributed by atoms with E-state index in [0.717, 1.165) is 16.0 Å². The van der Waals surface area contributed by atoms with E-state index >= 15 is 0 Å². The summed E-state index contributed by atoms with van der Waals surface area (Å²) in [6.45, 7) is 1.43. The molecule has 2 aromatic rings. The predicted molar refractivity (Wildman–Crippen MR) is 123 cm³/mol. The lowest BCUT2D eigenvalue weighted by Crippen LogP contribution is -2.30. The molecule has 0 radical (unpaired) electrons. The van der Waals surface area contributed by atoms with E-state index in [1.807, 2.05) is 6.07 Å². The first-order valence-electron chi connectivity index (χ1n) is 10.4. The monoisotopic (exact) mass is 456 g/mol. The third-order valence-corrected chi connectivity index (χ3v) is 5.70. The molecule has 0 spiro atoms. The van der Waals surface area contributed by atoms with E-state index in [-0.39, 0.29) is 17.0 Å². The summed E-state index contributed by atoms with van der Waals surface area (Å²) in [6.07, 6.45) is 0.471. The maximum absolute atomic E-state index is 13.1. The fourth-order valence-corrected chi connectivity index (χ4v) is 4.21. The molecule has 1 N–H and O–H groups in total. The maximum Gasteiger partial charge on any atom is 0.413 e. The van der Waals surface area contributed by atoms with Crippen LogP contribution in [-0.4, -0.2) is 47.5 Å². The molecule has 9 nitrogen and oxygen atoms in total. The van der Waals surface area contributed by atoms with E-state index in [1.165, 1.54) is 41.4 Å². The minimum absolute atomic E-state index is 0.137. The molecule has 0 aliphatic heterocycles. The van der Waals surface area contributed by atoms with Crippen LogP contribution in [0.25, 0.3) is 11.1 Å². The summed E-state index contributed by atoms with van der Waals surface area (Å²) in [6, 6.07) is 6.22. The highest BCUT2D eigenvalue weighted by molar-refractivity contribution is 5.88. The van der Waals surface area contributed by atoms with Crippen LogP contribution in [0.5, 0.6) is 17.2 Å². The molecule has 0 saturated carbocycles. The Balaban J connectivity index is 2.40. The molecule has 1 atom stereocenters. The van der Waals surface area contributed by atoms with Gasteiger partial charge in [0.1, 0.15) is 0 Å². The van der Waals surface area contributed by atoms with Crippen LogP contribution in [0.3, 0.4) is 0 Å². The van der Waals surface area contributed by atoms with Gasteiger partial charge in [0.05, 0.1) is 40.2 Å². The summed E-state index contributed by atoms with van der Waals surface area (Å²) in [5, 5.41) is 2.94. The molecule has 33 heavy (non-hydrogen) atoms. The normalized spacial score (nSPS) is 14.2. The zero-order valence-corrected chi connectivity index (χ0v) is 19.6. The highest BCUT2D eigenvalue weighted by Gasteiger charge is 2.29. The molecular formula is C24H28N2O7. The third kappa shape index (κ3) is 4.44. The molecule has 0 heterocycles. The van der Waals surface area contributed by atoms with E-state index in [9.17, 15) is 14.4 Å². The van der Waals surface area contributed by atoms with Crippen LogP contribution in [0, 0.1) is 0 Å². The molecule has 1 aliphatic carbocycles. The van der Waals surface area contributed by atoms with Gasteiger partial charge in [-0.2, -0.15) is 0 Å². The second-order valence-electron chi connectivity index (χ2n) is 7.60. The number of ether oxygens (including phenoxy) is 4. The van der Waals surface area contributed by atoms with Gasteiger partial charge in [-0.1, -0.05) is 6.07 Å². The number of aryl methyl sites for hydroxylation is 1. The van der Waals surface area contributed by atoms with Crippen LogP contribution in [0.1, 0.15) is 30.5 Å².